The number of methoxy groups -OCH3 is 1. The van der Waals surface area contributed by atoms with Crippen LogP contribution in [0.5, 0.6) is 0 Å². The van der Waals surface area contributed by atoms with E-state index in [0.29, 0.717) is 12.2 Å². The lowest BCUT2D eigenvalue weighted by Gasteiger charge is -2.31. The summed E-state index contributed by atoms with van der Waals surface area (Å²) in [6.45, 7) is 1.83. The van der Waals surface area contributed by atoms with E-state index in [2.05, 4.69) is 16.0 Å². The molecular weight excluding hydrogens is 216 g/mol. The Morgan fingerprint density at radius 1 is 1.35 bits per heavy atom. The number of allylic oxidation sites excluding steroid dienone is 2. The van der Waals surface area contributed by atoms with Crippen LogP contribution in [0.1, 0.15) is 30.7 Å². The third-order valence-corrected chi connectivity index (χ3v) is 3.28. The Morgan fingerprint density at radius 3 is 2.59 bits per heavy atom. The second-order valence-corrected chi connectivity index (χ2v) is 4.31. The van der Waals surface area contributed by atoms with Gasteiger partial charge in [-0.25, -0.2) is 9.97 Å². The number of rotatable bonds is 2. The lowest BCUT2D eigenvalue weighted by atomic mass is 9.73. The first kappa shape index (κ1) is 11.8. The molecule has 4 heteroatoms. The van der Waals surface area contributed by atoms with Crippen LogP contribution >= 0.6 is 0 Å². The van der Waals surface area contributed by atoms with Crippen LogP contribution in [-0.4, -0.2) is 23.0 Å². The molecule has 0 aliphatic heterocycles. The molecule has 0 aromatic carbocycles. The molecule has 1 aromatic rings. The van der Waals surface area contributed by atoms with Gasteiger partial charge in [0.25, 0.3) is 0 Å². The summed E-state index contributed by atoms with van der Waals surface area (Å²) in [6, 6.07) is 0. The molecule has 1 aliphatic carbocycles. The molecule has 1 heterocycles. The van der Waals surface area contributed by atoms with Crippen molar-refractivity contribution in [2.75, 3.05) is 7.11 Å². The van der Waals surface area contributed by atoms with E-state index < -0.39 is 5.41 Å². The molecule has 0 N–H and O–H groups in total. The largest absolute Gasteiger partial charge is 0.468 e. The molecule has 0 saturated carbocycles. The molecule has 1 atom stereocenters. The maximum absolute atomic E-state index is 12.1. The molecule has 0 amide bonds. The molecule has 17 heavy (non-hydrogen) atoms. The Bertz CT molecular complexity index is 439. The second-order valence-electron chi connectivity index (χ2n) is 4.31. The maximum Gasteiger partial charge on any atom is 0.316 e. The highest BCUT2D eigenvalue weighted by Crippen LogP contribution is 2.37. The van der Waals surface area contributed by atoms with E-state index >= 15 is 0 Å². The van der Waals surface area contributed by atoms with Crippen LogP contribution in [-0.2, 0) is 14.9 Å². The van der Waals surface area contributed by atoms with Gasteiger partial charge in [-0.2, -0.15) is 0 Å². The average Bonchev–Trinajstić information content (AvgIpc) is 2.39. The summed E-state index contributed by atoms with van der Waals surface area (Å²) in [7, 11) is 1.43. The molecule has 0 saturated heterocycles. The molecule has 90 valence electrons. The minimum atomic E-state index is -0.600. The highest BCUT2D eigenvalue weighted by molar-refractivity contribution is 5.83. The number of ether oxygens (including phenoxy) is 1. The summed E-state index contributed by atoms with van der Waals surface area (Å²) in [5.74, 6) is 0.509. The van der Waals surface area contributed by atoms with Crippen LogP contribution in [0.25, 0.3) is 0 Å². The van der Waals surface area contributed by atoms with Gasteiger partial charge in [-0.3, -0.25) is 4.79 Å². The summed E-state index contributed by atoms with van der Waals surface area (Å²) in [5.41, 5.74) is 0.247. The number of esters is 1. The summed E-state index contributed by atoms with van der Waals surface area (Å²) in [6.07, 6.45) is 9.88. The molecular formula is C13H16N2O2. The zero-order valence-corrected chi connectivity index (χ0v) is 10.1. The van der Waals surface area contributed by atoms with Crippen molar-refractivity contribution in [1.29, 1.82) is 0 Å². The first-order valence-corrected chi connectivity index (χ1v) is 5.71. The van der Waals surface area contributed by atoms with E-state index in [-0.39, 0.29) is 5.97 Å². The normalized spacial score (nSPS) is 23.4. The predicted octanol–water partition coefficient (Wildman–Crippen LogP) is 1.94. The maximum atomic E-state index is 12.1. The first-order valence-electron chi connectivity index (χ1n) is 5.71. The van der Waals surface area contributed by atoms with Crippen molar-refractivity contribution in [2.45, 2.75) is 31.6 Å². The Labute approximate surface area is 101 Å². The second kappa shape index (κ2) is 4.65. The van der Waals surface area contributed by atoms with Gasteiger partial charge in [0.2, 0.25) is 0 Å². The van der Waals surface area contributed by atoms with Crippen molar-refractivity contribution < 1.29 is 9.53 Å². The fraction of sp³-hybridized carbons (Fsp3) is 0.462. The van der Waals surface area contributed by atoms with Crippen LogP contribution in [0.15, 0.2) is 24.5 Å². The Kier molecular flexibility index (Phi) is 3.22. The van der Waals surface area contributed by atoms with Gasteiger partial charge in [0.15, 0.2) is 0 Å². The van der Waals surface area contributed by atoms with Crippen molar-refractivity contribution in [2.24, 2.45) is 0 Å². The fourth-order valence-electron chi connectivity index (χ4n) is 2.23. The third-order valence-electron chi connectivity index (χ3n) is 3.28. The Balaban J connectivity index is 2.43. The van der Waals surface area contributed by atoms with Gasteiger partial charge in [0, 0.05) is 18.0 Å². The topological polar surface area (TPSA) is 52.1 Å². The van der Waals surface area contributed by atoms with Crippen LogP contribution in [0.3, 0.4) is 0 Å². The monoisotopic (exact) mass is 232 g/mol. The van der Waals surface area contributed by atoms with Crippen molar-refractivity contribution in [3.8, 4) is 0 Å². The Morgan fingerprint density at radius 2 is 2.06 bits per heavy atom. The van der Waals surface area contributed by atoms with Gasteiger partial charge in [0.05, 0.1) is 12.5 Å². The predicted molar refractivity (Wildman–Crippen MR) is 63.5 cm³/mol. The lowest BCUT2D eigenvalue weighted by molar-refractivity contribution is -0.148. The molecule has 0 spiro atoms. The quantitative estimate of drug-likeness (QED) is 0.577. The molecule has 4 nitrogen and oxygen atoms in total. The minimum absolute atomic E-state index is 0.200. The van der Waals surface area contributed by atoms with E-state index in [1.165, 1.54) is 7.11 Å². The summed E-state index contributed by atoms with van der Waals surface area (Å²) >= 11 is 0. The molecule has 1 aliphatic rings. The SMILES string of the molecule is COC(=O)C1(c2cnc(C)nc2)CC=CCC1. The zero-order chi connectivity index (χ0) is 12.3. The van der Waals surface area contributed by atoms with Crippen molar-refractivity contribution in [3.05, 3.63) is 35.9 Å². The summed E-state index contributed by atoms with van der Waals surface area (Å²) in [5, 5.41) is 0. The van der Waals surface area contributed by atoms with Crippen molar-refractivity contribution in [1.82, 2.24) is 9.97 Å². The molecule has 0 bridgehead atoms. The van der Waals surface area contributed by atoms with Crippen molar-refractivity contribution >= 4 is 5.97 Å². The molecule has 0 radical (unpaired) electrons. The number of nitrogens with zero attached hydrogens (tertiary/aromatic N) is 2. The third kappa shape index (κ3) is 2.07. The molecule has 1 unspecified atom stereocenters. The smallest absolute Gasteiger partial charge is 0.316 e. The first-order chi connectivity index (χ1) is 8.19. The van der Waals surface area contributed by atoms with E-state index in [1.54, 1.807) is 12.4 Å². The van der Waals surface area contributed by atoms with Gasteiger partial charge < -0.3 is 4.74 Å². The van der Waals surface area contributed by atoms with Crippen LogP contribution in [0.2, 0.25) is 0 Å². The average molecular weight is 232 g/mol. The Hall–Kier alpha value is -1.71. The molecule has 0 fully saturated rings. The van der Waals surface area contributed by atoms with Gasteiger partial charge >= 0.3 is 5.97 Å². The lowest BCUT2D eigenvalue weighted by Crippen LogP contribution is -2.38. The van der Waals surface area contributed by atoms with E-state index in [9.17, 15) is 4.79 Å². The number of carbonyl (C=O) groups is 1. The van der Waals surface area contributed by atoms with E-state index in [0.717, 1.165) is 18.4 Å². The van der Waals surface area contributed by atoms with Gasteiger partial charge in [0.1, 0.15) is 5.82 Å². The van der Waals surface area contributed by atoms with E-state index in [1.807, 2.05) is 13.0 Å². The standard InChI is InChI=1S/C13H16N2O2/c1-10-14-8-11(9-15-10)13(12(16)17-2)6-4-3-5-7-13/h3-4,8-9H,5-7H2,1-2H3. The summed E-state index contributed by atoms with van der Waals surface area (Å²) in [4.78, 5) is 20.4. The number of aryl methyl sites for hydroxylation is 1. The van der Waals surface area contributed by atoms with Crippen LogP contribution < -0.4 is 0 Å². The van der Waals surface area contributed by atoms with Gasteiger partial charge in [-0.15, -0.1) is 0 Å². The van der Waals surface area contributed by atoms with E-state index in [4.69, 9.17) is 4.74 Å². The van der Waals surface area contributed by atoms with Crippen molar-refractivity contribution in [3.63, 3.8) is 0 Å². The van der Waals surface area contributed by atoms with Gasteiger partial charge in [-0.05, 0) is 26.2 Å². The molecule has 2 rings (SSSR count). The van der Waals surface area contributed by atoms with Gasteiger partial charge in [-0.1, -0.05) is 12.2 Å². The fourth-order valence-corrected chi connectivity index (χ4v) is 2.23. The minimum Gasteiger partial charge on any atom is -0.468 e. The molecule has 1 aromatic heterocycles. The van der Waals surface area contributed by atoms with Crippen LogP contribution in [0.4, 0.5) is 0 Å². The highest BCUT2D eigenvalue weighted by atomic mass is 16.5. The number of hydrogen-bond acceptors (Lipinski definition) is 4. The number of hydrogen-bond donors (Lipinski definition) is 0. The number of aromatic nitrogens is 2. The zero-order valence-electron chi connectivity index (χ0n) is 10.1. The highest BCUT2D eigenvalue weighted by Gasteiger charge is 2.41. The number of carbonyl (C=O) groups excluding carboxylic acids is 1. The summed E-state index contributed by atoms with van der Waals surface area (Å²) < 4.78 is 4.95. The van der Waals surface area contributed by atoms with Crippen LogP contribution in [0, 0.1) is 6.92 Å².